The standard InChI is InChI=1S/C62H44N8/c1-69(62(44-23-9-4-10-24-44)65-58(64)53-29-17-28-47-46-25-12-11-18-40(46)34-37-48(47)53)56-51(49-26-13-15-30-54(49)63)38-39-52-50-27-14-16-31-55(50)70(57(52)56)45-35-32-43(33-36-45)61-67-59(41-19-5-2-6-20-41)66-60(68-61)42-21-7-3-8-22-42/h2-39,64H,63H2,1H3. The van der Waals surface area contributed by atoms with Crippen LogP contribution >= 0.6 is 0 Å². The van der Waals surface area contributed by atoms with E-state index in [1.165, 1.54) is 0 Å². The largest absolute Gasteiger partial charge is 0.398 e. The summed E-state index contributed by atoms with van der Waals surface area (Å²) in [6, 6.07) is 78.2. The first-order chi connectivity index (χ1) is 34.5. The maximum absolute atomic E-state index is 9.80. The molecule has 0 spiro atoms. The van der Waals surface area contributed by atoms with Gasteiger partial charge in [0.1, 0.15) is 5.84 Å². The van der Waals surface area contributed by atoms with Gasteiger partial charge >= 0.3 is 0 Å². The summed E-state index contributed by atoms with van der Waals surface area (Å²) in [5, 5.41) is 16.3. The van der Waals surface area contributed by atoms with E-state index in [1.807, 2.05) is 116 Å². The van der Waals surface area contributed by atoms with Crippen molar-refractivity contribution in [1.29, 1.82) is 5.41 Å². The van der Waals surface area contributed by atoms with E-state index < -0.39 is 0 Å². The third-order valence-corrected chi connectivity index (χ3v) is 13.1. The van der Waals surface area contributed by atoms with Crippen molar-refractivity contribution < 1.29 is 0 Å². The third kappa shape index (κ3) is 7.41. The Bertz CT molecular complexity index is 3920. The molecule has 0 radical (unpaired) electrons. The average molecular weight is 901 g/mol. The number of nitrogens with zero attached hydrogens (tertiary/aromatic N) is 6. The second-order valence-electron chi connectivity index (χ2n) is 17.3. The van der Waals surface area contributed by atoms with Gasteiger partial charge in [-0.05, 0) is 57.9 Å². The predicted molar refractivity (Wildman–Crippen MR) is 290 cm³/mol. The lowest BCUT2D eigenvalue weighted by molar-refractivity contribution is 1.07. The molecule has 0 aliphatic carbocycles. The van der Waals surface area contributed by atoms with Crippen molar-refractivity contribution in [3.05, 3.63) is 242 Å². The molecule has 2 heterocycles. The minimum Gasteiger partial charge on any atom is -0.398 e. The first-order valence-electron chi connectivity index (χ1n) is 23.2. The Hall–Kier alpha value is -9.53. The summed E-state index contributed by atoms with van der Waals surface area (Å²) in [5.41, 5.74) is 17.5. The van der Waals surface area contributed by atoms with Gasteiger partial charge in [-0.3, -0.25) is 5.41 Å². The Morgan fingerprint density at radius 2 is 1.03 bits per heavy atom. The van der Waals surface area contributed by atoms with Crippen LogP contribution < -0.4 is 10.6 Å². The van der Waals surface area contributed by atoms with Crippen molar-refractivity contribution >= 4 is 66.4 Å². The van der Waals surface area contributed by atoms with Gasteiger partial charge in [-0.15, -0.1) is 0 Å². The summed E-state index contributed by atoms with van der Waals surface area (Å²) in [4.78, 5) is 22.4. The van der Waals surface area contributed by atoms with Gasteiger partial charge in [0.15, 0.2) is 23.3 Å². The highest BCUT2D eigenvalue weighted by Gasteiger charge is 2.26. The summed E-state index contributed by atoms with van der Waals surface area (Å²) in [6.07, 6.45) is 0. The Kier molecular flexibility index (Phi) is 10.5. The number of nitrogens with one attached hydrogen (secondary N) is 1. The highest BCUT2D eigenvalue weighted by molar-refractivity contribution is 6.25. The van der Waals surface area contributed by atoms with Crippen LogP contribution in [0.2, 0.25) is 0 Å². The lowest BCUT2D eigenvalue weighted by atomic mass is 9.97. The van der Waals surface area contributed by atoms with E-state index in [4.69, 9.17) is 25.7 Å². The van der Waals surface area contributed by atoms with Gasteiger partial charge in [-0.2, -0.15) is 0 Å². The lowest BCUT2D eigenvalue weighted by Gasteiger charge is -2.27. The predicted octanol–water partition coefficient (Wildman–Crippen LogP) is 14.4. The summed E-state index contributed by atoms with van der Waals surface area (Å²) in [7, 11) is 2.05. The van der Waals surface area contributed by atoms with Gasteiger partial charge < -0.3 is 15.2 Å². The number of nitrogens with two attached hydrogens (primary N) is 1. The van der Waals surface area contributed by atoms with Crippen LogP contribution in [0, 0.1) is 5.41 Å². The molecule has 10 aromatic carbocycles. The fourth-order valence-electron chi connectivity index (χ4n) is 9.74. The Balaban J connectivity index is 1.07. The van der Waals surface area contributed by atoms with E-state index in [-0.39, 0.29) is 5.84 Å². The molecule has 0 unspecified atom stereocenters. The molecule has 8 heteroatoms. The number of hydrogen-bond acceptors (Lipinski definition) is 5. The maximum atomic E-state index is 9.80. The average Bonchev–Trinajstić information content (AvgIpc) is 3.76. The fraction of sp³-hybridized carbons (Fsp3) is 0.0161. The van der Waals surface area contributed by atoms with Crippen molar-refractivity contribution in [2.24, 2.45) is 4.99 Å². The molecule has 0 amide bonds. The first kappa shape index (κ1) is 41.9. The minimum atomic E-state index is 0.153. The van der Waals surface area contributed by atoms with Crippen LogP contribution in [-0.4, -0.2) is 38.2 Å². The zero-order valence-electron chi connectivity index (χ0n) is 38.2. The minimum absolute atomic E-state index is 0.153. The van der Waals surface area contributed by atoms with Gasteiger partial charge in [0.25, 0.3) is 0 Å². The number of amidine groups is 2. The number of nitrogen functional groups attached to an aromatic ring is 1. The third-order valence-electron chi connectivity index (χ3n) is 13.1. The lowest BCUT2D eigenvalue weighted by Crippen LogP contribution is -2.29. The van der Waals surface area contributed by atoms with Gasteiger partial charge in [-0.1, -0.05) is 194 Å². The first-order valence-corrected chi connectivity index (χ1v) is 23.2. The second kappa shape index (κ2) is 17.6. The molecule has 8 nitrogen and oxygen atoms in total. The van der Waals surface area contributed by atoms with Crippen molar-refractivity contribution in [2.75, 3.05) is 17.7 Å². The smallest absolute Gasteiger partial charge is 0.164 e. The Labute approximate surface area is 404 Å². The molecule has 0 aliphatic heterocycles. The molecule has 2 aromatic heterocycles. The Morgan fingerprint density at radius 3 is 1.71 bits per heavy atom. The van der Waals surface area contributed by atoms with E-state index in [1.54, 1.807) is 0 Å². The molecule has 12 aromatic rings. The topological polar surface area (TPSA) is 109 Å². The summed E-state index contributed by atoms with van der Waals surface area (Å²) >= 11 is 0. The van der Waals surface area contributed by atoms with Crippen molar-refractivity contribution in [1.82, 2.24) is 19.5 Å². The molecule has 70 heavy (non-hydrogen) atoms. The number of rotatable bonds is 8. The van der Waals surface area contributed by atoms with Crippen LogP contribution in [0.1, 0.15) is 11.1 Å². The molecule has 12 rings (SSSR count). The van der Waals surface area contributed by atoms with Crippen LogP contribution in [0.15, 0.2) is 236 Å². The van der Waals surface area contributed by atoms with Crippen LogP contribution in [-0.2, 0) is 0 Å². The second-order valence-corrected chi connectivity index (χ2v) is 17.3. The number of anilines is 2. The highest BCUT2D eigenvalue weighted by atomic mass is 15.2. The quantitative estimate of drug-likeness (QED) is 0.0683. The van der Waals surface area contributed by atoms with Crippen LogP contribution in [0.3, 0.4) is 0 Å². The molecular weight excluding hydrogens is 857 g/mol. The van der Waals surface area contributed by atoms with Gasteiger partial charge in [0.05, 0.1) is 16.7 Å². The Morgan fingerprint density at radius 1 is 0.471 bits per heavy atom. The van der Waals surface area contributed by atoms with Crippen LogP contribution in [0.5, 0.6) is 0 Å². The van der Waals surface area contributed by atoms with E-state index in [9.17, 15) is 5.41 Å². The molecule has 0 atom stereocenters. The number of aromatic nitrogens is 4. The van der Waals surface area contributed by atoms with E-state index in [0.29, 0.717) is 29.0 Å². The highest BCUT2D eigenvalue weighted by Crippen LogP contribution is 2.45. The van der Waals surface area contributed by atoms with Gasteiger partial charge in [0.2, 0.25) is 0 Å². The van der Waals surface area contributed by atoms with Crippen molar-refractivity contribution in [2.45, 2.75) is 0 Å². The maximum Gasteiger partial charge on any atom is 0.164 e. The van der Waals surface area contributed by atoms with Gasteiger partial charge in [0, 0.05) is 68.1 Å². The number of para-hydroxylation sites is 2. The van der Waals surface area contributed by atoms with E-state index in [0.717, 1.165) is 93.7 Å². The number of fused-ring (bicyclic) bond motifs is 6. The molecule has 0 bridgehead atoms. The van der Waals surface area contributed by atoms with Crippen molar-refractivity contribution in [3.63, 3.8) is 0 Å². The summed E-state index contributed by atoms with van der Waals surface area (Å²) in [5.74, 6) is 2.55. The molecular formula is C62H44N8. The summed E-state index contributed by atoms with van der Waals surface area (Å²) in [6.45, 7) is 0. The van der Waals surface area contributed by atoms with E-state index >= 15 is 0 Å². The normalized spacial score (nSPS) is 11.7. The zero-order valence-corrected chi connectivity index (χ0v) is 38.2. The molecule has 332 valence electrons. The number of benzene rings is 10. The molecule has 3 N–H and O–H groups in total. The van der Waals surface area contributed by atoms with E-state index in [2.05, 4.69) is 131 Å². The summed E-state index contributed by atoms with van der Waals surface area (Å²) < 4.78 is 2.32. The number of aliphatic imine (C=N–C) groups is 1. The van der Waals surface area contributed by atoms with Crippen LogP contribution in [0.25, 0.3) is 94.3 Å². The molecule has 0 saturated carbocycles. The molecule has 0 saturated heterocycles. The van der Waals surface area contributed by atoms with Crippen molar-refractivity contribution in [3.8, 4) is 51.0 Å². The molecule has 0 aliphatic rings. The molecule has 0 fully saturated rings. The number of hydrogen-bond donors (Lipinski definition) is 2. The van der Waals surface area contributed by atoms with Gasteiger partial charge in [-0.25, -0.2) is 19.9 Å². The fourth-order valence-corrected chi connectivity index (χ4v) is 9.74. The SMILES string of the molecule is CN(C(=NC(=N)c1cccc2c1ccc1ccccc12)c1ccccc1)c1c(-c2ccccc2N)ccc2c3ccccc3n(-c3ccc(-c4nc(-c5ccccc5)nc(-c5ccccc5)n4)cc3)c12. The zero-order chi connectivity index (χ0) is 47.1. The van der Waals surface area contributed by atoms with Crippen LogP contribution in [0.4, 0.5) is 11.4 Å². The monoisotopic (exact) mass is 900 g/mol.